The fraction of sp³-hybridized carbons (Fsp3) is 0.278. The van der Waals surface area contributed by atoms with E-state index in [1.165, 1.54) is 7.11 Å². The van der Waals surface area contributed by atoms with E-state index in [0.717, 1.165) is 0 Å². The zero-order chi connectivity index (χ0) is 17.0. The first-order chi connectivity index (χ1) is 10.9. The van der Waals surface area contributed by atoms with Gasteiger partial charge in [0.2, 0.25) is 5.52 Å². The van der Waals surface area contributed by atoms with Crippen LogP contribution in [0.25, 0.3) is 0 Å². The van der Waals surface area contributed by atoms with Crippen LogP contribution < -0.4 is 10.0 Å². The highest BCUT2D eigenvalue weighted by atomic mass is 35.5. The highest BCUT2D eigenvalue weighted by molar-refractivity contribution is 7.87. The van der Waals surface area contributed by atoms with Crippen LogP contribution in [-0.2, 0) is 4.57 Å². The van der Waals surface area contributed by atoms with E-state index < -0.39 is 12.7 Å². The van der Waals surface area contributed by atoms with Crippen molar-refractivity contribution in [3.05, 3.63) is 59.1 Å². The fourth-order valence-corrected chi connectivity index (χ4v) is 5.68. The van der Waals surface area contributed by atoms with Crippen molar-refractivity contribution in [2.24, 2.45) is 5.92 Å². The average Bonchev–Trinajstić information content (AvgIpc) is 2.54. The van der Waals surface area contributed by atoms with Crippen molar-refractivity contribution in [1.82, 2.24) is 0 Å². The normalized spacial score (nSPS) is 13.6. The molecule has 0 aliphatic carbocycles. The van der Waals surface area contributed by atoms with Crippen molar-refractivity contribution in [2.75, 3.05) is 13.3 Å². The van der Waals surface area contributed by atoms with Crippen LogP contribution in [0, 0.1) is 5.92 Å². The second-order valence-electron chi connectivity index (χ2n) is 5.78. The molecule has 1 atom stereocenters. The molecular weight excluding hydrogens is 331 g/mol. The summed E-state index contributed by atoms with van der Waals surface area (Å²) in [5.74, 6) is 0.397. The van der Waals surface area contributed by atoms with Crippen molar-refractivity contribution in [3.63, 3.8) is 0 Å². The first-order valence-corrected chi connectivity index (χ1v) is 9.69. The predicted octanol–water partition coefficient (Wildman–Crippen LogP) is 4.83. The molecule has 0 saturated heterocycles. The second kappa shape index (κ2) is 7.33. The zero-order valence-electron chi connectivity index (χ0n) is 13.5. The van der Waals surface area contributed by atoms with E-state index in [0.29, 0.717) is 16.5 Å². The Labute approximate surface area is 142 Å². The number of benzene rings is 2. The molecule has 0 fully saturated rings. The third-order valence-corrected chi connectivity index (χ3v) is 7.10. The Morgan fingerprint density at radius 3 is 2.35 bits per heavy atom. The van der Waals surface area contributed by atoms with Gasteiger partial charge in [-0.15, -0.1) is 0 Å². The lowest BCUT2D eigenvalue weighted by molar-refractivity contribution is 0.107. The maximum Gasteiger partial charge on any atom is 0.229 e. The number of hydrogen-bond acceptors (Lipinski definition) is 3. The Hall–Kier alpha value is -1.57. The van der Waals surface area contributed by atoms with E-state index in [1.54, 1.807) is 42.5 Å². The molecule has 2 aromatic carbocycles. The Balaban J connectivity index is 2.60. The molecule has 1 unspecified atom stereocenters. The molecule has 0 aromatic heterocycles. The minimum atomic E-state index is -3.28. The number of carbonyl (C=O) groups is 1. The summed E-state index contributed by atoms with van der Waals surface area (Å²) < 4.78 is 18.9. The smallest absolute Gasteiger partial charge is 0.229 e. The third kappa shape index (κ3) is 3.68. The summed E-state index contributed by atoms with van der Waals surface area (Å²) in [5.41, 5.74) is -0.135. The topological polar surface area (TPSA) is 43.4 Å². The van der Waals surface area contributed by atoms with Crippen LogP contribution in [0.5, 0.6) is 5.75 Å². The van der Waals surface area contributed by atoms with Gasteiger partial charge in [-0.1, -0.05) is 61.8 Å². The molecule has 0 saturated carbocycles. The first-order valence-electron chi connectivity index (χ1n) is 7.42. The molecule has 0 bridgehead atoms. The minimum absolute atomic E-state index is 0.121. The van der Waals surface area contributed by atoms with Crippen LogP contribution in [0.1, 0.15) is 24.2 Å². The highest BCUT2D eigenvalue weighted by Crippen LogP contribution is 2.51. The van der Waals surface area contributed by atoms with Crippen molar-refractivity contribution in [3.8, 4) is 5.75 Å². The summed E-state index contributed by atoms with van der Waals surface area (Å²) in [5, 5.41) is 0.906. The van der Waals surface area contributed by atoms with Crippen molar-refractivity contribution < 1.29 is 14.1 Å². The lowest BCUT2D eigenvalue weighted by atomic mass is 10.2. The van der Waals surface area contributed by atoms with Crippen LogP contribution in [-0.4, -0.2) is 18.8 Å². The maximum atomic E-state index is 13.7. The summed E-state index contributed by atoms with van der Waals surface area (Å²) in [4.78, 5) is 13.1. The fourth-order valence-electron chi connectivity index (χ4n) is 2.57. The van der Waals surface area contributed by atoms with Gasteiger partial charge in [-0.05, 0) is 18.1 Å². The number of halogens is 1. The Morgan fingerprint density at radius 1 is 1.13 bits per heavy atom. The maximum absolute atomic E-state index is 13.7. The minimum Gasteiger partial charge on any atom is -0.494 e. The van der Waals surface area contributed by atoms with Crippen molar-refractivity contribution in [2.45, 2.75) is 13.8 Å². The van der Waals surface area contributed by atoms with Gasteiger partial charge in [0.15, 0.2) is 7.14 Å². The Bertz CT molecular complexity index is 741. The number of hydrogen-bond donors (Lipinski definition) is 0. The third-order valence-electron chi connectivity index (χ3n) is 3.53. The number of para-hydroxylation sites is 1. The lowest BCUT2D eigenvalue weighted by Crippen LogP contribution is -2.19. The van der Waals surface area contributed by atoms with Gasteiger partial charge < -0.3 is 9.30 Å². The van der Waals surface area contributed by atoms with Crippen LogP contribution in [0.4, 0.5) is 0 Å². The second-order valence-corrected chi connectivity index (χ2v) is 8.95. The molecular formula is C18H20ClO3P. The summed E-state index contributed by atoms with van der Waals surface area (Å²) in [6.45, 7) is 3.91. The van der Waals surface area contributed by atoms with Crippen molar-refractivity contribution in [1.29, 1.82) is 0 Å². The molecule has 122 valence electrons. The van der Waals surface area contributed by atoms with Crippen molar-refractivity contribution >= 4 is 29.6 Å². The van der Waals surface area contributed by atoms with Crippen LogP contribution in [0.2, 0.25) is 5.02 Å². The van der Waals surface area contributed by atoms with Gasteiger partial charge >= 0.3 is 0 Å². The molecule has 0 aliphatic rings. The van der Waals surface area contributed by atoms with E-state index in [4.69, 9.17) is 16.3 Å². The molecule has 0 radical (unpaired) electrons. The van der Waals surface area contributed by atoms with Gasteiger partial charge in [0.25, 0.3) is 0 Å². The summed E-state index contributed by atoms with van der Waals surface area (Å²) in [7, 11) is -1.83. The largest absolute Gasteiger partial charge is 0.494 e. The van der Waals surface area contributed by atoms with Crippen LogP contribution in [0.3, 0.4) is 0 Å². The van der Waals surface area contributed by atoms with E-state index in [9.17, 15) is 9.36 Å². The number of carbonyl (C=O) groups excluding carboxylic acids is 1. The molecule has 5 heteroatoms. The molecule has 2 aromatic rings. The van der Waals surface area contributed by atoms with Gasteiger partial charge in [-0.25, -0.2) is 0 Å². The van der Waals surface area contributed by atoms with Crippen LogP contribution >= 0.6 is 18.7 Å². The van der Waals surface area contributed by atoms with Gasteiger partial charge in [-0.3, -0.25) is 4.79 Å². The molecule has 0 spiro atoms. The average molecular weight is 351 g/mol. The Morgan fingerprint density at radius 2 is 1.78 bits per heavy atom. The van der Waals surface area contributed by atoms with E-state index in [-0.39, 0.29) is 17.2 Å². The van der Waals surface area contributed by atoms with E-state index in [2.05, 4.69) is 0 Å². The highest BCUT2D eigenvalue weighted by Gasteiger charge is 2.36. The zero-order valence-corrected chi connectivity index (χ0v) is 15.1. The number of ether oxygens (including phenoxy) is 1. The number of methoxy groups -OCH3 is 1. The molecule has 0 heterocycles. The van der Waals surface area contributed by atoms with Gasteiger partial charge in [0, 0.05) is 11.5 Å². The predicted molar refractivity (Wildman–Crippen MR) is 95.7 cm³/mol. The molecule has 2 rings (SSSR count). The van der Waals surface area contributed by atoms with E-state index in [1.807, 2.05) is 19.9 Å². The quantitative estimate of drug-likeness (QED) is 0.700. The summed E-state index contributed by atoms with van der Waals surface area (Å²) in [6.07, 6.45) is 0.311. The molecule has 0 N–H and O–H groups in total. The monoisotopic (exact) mass is 350 g/mol. The molecule has 0 aliphatic heterocycles. The molecule has 0 amide bonds. The summed E-state index contributed by atoms with van der Waals surface area (Å²) >= 11 is 6.11. The van der Waals surface area contributed by atoms with E-state index >= 15 is 0 Å². The van der Waals surface area contributed by atoms with Crippen LogP contribution in [0.15, 0.2) is 48.5 Å². The standard InChI is InChI=1S/C18H20ClO3P/c1-13(2)12-23(21,14-8-5-4-6-9-14)18(20)15-10-7-11-16(19)17(15)22-3/h4-11,13H,12H2,1-3H3. The SMILES string of the molecule is COc1c(Cl)cccc1C(=O)P(=O)(CC(C)C)c1ccccc1. The van der Waals surface area contributed by atoms with Gasteiger partial charge in [0.05, 0.1) is 17.7 Å². The van der Waals surface area contributed by atoms with Gasteiger partial charge in [-0.2, -0.15) is 0 Å². The molecule has 23 heavy (non-hydrogen) atoms. The summed E-state index contributed by atoms with van der Waals surface area (Å²) in [6, 6.07) is 13.9. The number of rotatable bonds is 6. The Kier molecular flexibility index (Phi) is 5.67. The molecule has 3 nitrogen and oxygen atoms in total. The van der Waals surface area contributed by atoms with Gasteiger partial charge in [0.1, 0.15) is 5.75 Å². The first kappa shape index (κ1) is 17.8. The lowest BCUT2D eigenvalue weighted by Gasteiger charge is -2.21.